The lowest BCUT2D eigenvalue weighted by Gasteiger charge is -2.32. The van der Waals surface area contributed by atoms with E-state index < -0.39 is 0 Å². The van der Waals surface area contributed by atoms with Gasteiger partial charge in [-0.3, -0.25) is 14.8 Å². The molecule has 0 aromatic carbocycles. The van der Waals surface area contributed by atoms with E-state index in [2.05, 4.69) is 25.4 Å². The van der Waals surface area contributed by atoms with Crippen molar-refractivity contribution in [3.8, 4) is 0 Å². The van der Waals surface area contributed by atoms with Gasteiger partial charge in [-0.2, -0.15) is 4.98 Å². The van der Waals surface area contributed by atoms with Crippen LogP contribution in [0.2, 0.25) is 0 Å². The number of furan rings is 1. The molecule has 0 spiro atoms. The molecule has 0 aliphatic carbocycles. The first-order valence-electron chi connectivity index (χ1n) is 7.53. The zero-order valence-electron chi connectivity index (χ0n) is 12.7. The summed E-state index contributed by atoms with van der Waals surface area (Å²) >= 11 is 0. The molecule has 9 heteroatoms. The number of anilines is 1. The number of H-pyrrole nitrogens is 1. The number of morpholine rings is 1. The summed E-state index contributed by atoms with van der Waals surface area (Å²) in [6, 6.07) is 3.85. The fraction of sp³-hybridized carbons (Fsp3) is 0.500. The fourth-order valence-electron chi connectivity index (χ4n) is 2.53. The summed E-state index contributed by atoms with van der Waals surface area (Å²) in [5, 5.41) is 8.87. The van der Waals surface area contributed by atoms with E-state index in [9.17, 15) is 4.79 Å². The van der Waals surface area contributed by atoms with Gasteiger partial charge in [0.15, 0.2) is 0 Å². The van der Waals surface area contributed by atoms with E-state index in [1.54, 1.807) is 6.26 Å². The number of amides is 1. The Morgan fingerprint density at radius 1 is 1.57 bits per heavy atom. The van der Waals surface area contributed by atoms with Crippen molar-refractivity contribution >= 4 is 11.9 Å². The largest absolute Gasteiger partial charge is 0.468 e. The van der Waals surface area contributed by atoms with E-state index in [1.165, 1.54) is 0 Å². The molecule has 2 aromatic heterocycles. The molecule has 0 unspecified atom stereocenters. The quantitative estimate of drug-likeness (QED) is 0.684. The number of nitrogen functional groups attached to an aromatic ring is 1. The lowest BCUT2D eigenvalue weighted by molar-refractivity contribution is -0.0359. The lowest BCUT2D eigenvalue weighted by atomic mass is 10.2. The van der Waals surface area contributed by atoms with Crippen LogP contribution in [0.5, 0.6) is 0 Å². The monoisotopic (exact) mass is 320 g/mol. The summed E-state index contributed by atoms with van der Waals surface area (Å²) in [5.74, 6) is 0.796. The van der Waals surface area contributed by atoms with Gasteiger partial charge in [-0.25, -0.2) is 0 Å². The number of nitrogens with one attached hydrogen (secondary N) is 2. The molecule has 9 nitrogen and oxygen atoms in total. The van der Waals surface area contributed by atoms with Crippen LogP contribution in [0.25, 0.3) is 0 Å². The van der Waals surface area contributed by atoms with E-state index >= 15 is 0 Å². The van der Waals surface area contributed by atoms with Crippen molar-refractivity contribution in [3.63, 3.8) is 0 Å². The average Bonchev–Trinajstić information content (AvgIpc) is 3.19. The Bertz CT molecular complexity index is 626. The number of aromatic nitrogens is 3. The fourth-order valence-corrected chi connectivity index (χ4v) is 2.53. The summed E-state index contributed by atoms with van der Waals surface area (Å²) in [6.45, 7) is 3.64. The molecule has 0 radical (unpaired) electrons. The highest BCUT2D eigenvalue weighted by Crippen LogP contribution is 2.12. The van der Waals surface area contributed by atoms with E-state index in [0.717, 1.165) is 31.8 Å². The van der Waals surface area contributed by atoms with Crippen LogP contribution in [0.1, 0.15) is 22.8 Å². The first kappa shape index (κ1) is 15.5. The standard InChI is InChI=1S/C14H20N6O3/c15-14-17-12(18-19-14)13(21)16-4-3-11-9-20(5-7-23-11)8-10-2-1-6-22-10/h1-2,6,11H,3-5,7-9H2,(H,16,21)(H3,15,17,18,19)/t11-/m1/s1. The highest BCUT2D eigenvalue weighted by Gasteiger charge is 2.21. The predicted molar refractivity (Wildman–Crippen MR) is 81.5 cm³/mol. The molecule has 0 saturated carbocycles. The van der Waals surface area contributed by atoms with Gasteiger partial charge in [-0.1, -0.05) is 0 Å². The van der Waals surface area contributed by atoms with Crippen LogP contribution in [0.4, 0.5) is 5.95 Å². The van der Waals surface area contributed by atoms with Crippen LogP contribution in [0, 0.1) is 0 Å². The number of hydrogen-bond donors (Lipinski definition) is 3. The minimum atomic E-state index is -0.322. The van der Waals surface area contributed by atoms with Gasteiger partial charge in [0, 0.05) is 19.6 Å². The van der Waals surface area contributed by atoms with Crippen LogP contribution in [0.3, 0.4) is 0 Å². The number of hydrogen-bond acceptors (Lipinski definition) is 7. The molecule has 1 aliphatic rings. The zero-order valence-corrected chi connectivity index (χ0v) is 12.7. The second-order valence-electron chi connectivity index (χ2n) is 5.39. The van der Waals surface area contributed by atoms with Crippen molar-refractivity contribution in [2.24, 2.45) is 0 Å². The molecule has 3 heterocycles. The smallest absolute Gasteiger partial charge is 0.288 e. The Kier molecular flexibility index (Phi) is 4.89. The number of nitrogens with zero attached hydrogens (tertiary/aromatic N) is 3. The van der Waals surface area contributed by atoms with E-state index in [4.69, 9.17) is 14.9 Å². The molecule has 23 heavy (non-hydrogen) atoms. The number of carbonyl (C=O) groups excluding carboxylic acids is 1. The maximum atomic E-state index is 11.8. The molecule has 3 rings (SSSR count). The maximum absolute atomic E-state index is 11.8. The van der Waals surface area contributed by atoms with Crippen molar-refractivity contribution in [1.29, 1.82) is 0 Å². The first-order chi connectivity index (χ1) is 11.2. The van der Waals surface area contributed by atoms with Crippen molar-refractivity contribution in [2.45, 2.75) is 19.1 Å². The molecule has 1 saturated heterocycles. The van der Waals surface area contributed by atoms with Crippen LogP contribution < -0.4 is 11.1 Å². The van der Waals surface area contributed by atoms with Gasteiger partial charge in [0.25, 0.3) is 5.91 Å². The molecule has 1 atom stereocenters. The van der Waals surface area contributed by atoms with Crippen LogP contribution in [-0.2, 0) is 11.3 Å². The third kappa shape index (κ3) is 4.30. The molecular formula is C14H20N6O3. The Morgan fingerprint density at radius 2 is 2.48 bits per heavy atom. The molecule has 1 amide bonds. The molecule has 124 valence electrons. The highest BCUT2D eigenvalue weighted by molar-refractivity contribution is 5.90. The number of aromatic amines is 1. The van der Waals surface area contributed by atoms with Crippen LogP contribution in [0.15, 0.2) is 22.8 Å². The third-order valence-corrected chi connectivity index (χ3v) is 3.65. The van der Waals surface area contributed by atoms with E-state index in [1.807, 2.05) is 12.1 Å². The molecule has 1 fully saturated rings. The van der Waals surface area contributed by atoms with Gasteiger partial charge in [0.1, 0.15) is 5.76 Å². The Hall–Kier alpha value is -2.39. The third-order valence-electron chi connectivity index (χ3n) is 3.65. The van der Waals surface area contributed by atoms with Crippen molar-refractivity contribution in [3.05, 3.63) is 30.0 Å². The van der Waals surface area contributed by atoms with Crippen LogP contribution in [-0.4, -0.2) is 58.3 Å². The summed E-state index contributed by atoms with van der Waals surface area (Å²) < 4.78 is 11.1. The Labute approximate surface area is 133 Å². The molecular weight excluding hydrogens is 300 g/mol. The predicted octanol–water partition coefficient (Wildman–Crippen LogP) is 0.000800. The van der Waals surface area contributed by atoms with Gasteiger partial charge in [-0.05, 0) is 18.6 Å². The van der Waals surface area contributed by atoms with Crippen LogP contribution >= 0.6 is 0 Å². The lowest BCUT2D eigenvalue weighted by Crippen LogP contribution is -2.43. The molecule has 4 N–H and O–H groups in total. The normalized spacial score (nSPS) is 18.9. The second kappa shape index (κ2) is 7.25. The Balaban J connectivity index is 1.40. The minimum Gasteiger partial charge on any atom is -0.468 e. The second-order valence-corrected chi connectivity index (χ2v) is 5.39. The number of nitrogens with two attached hydrogens (primary N) is 1. The van der Waals surface area contributed by atoms with Gasteiger partial charge < -0.3 is 20.2 Å². The van der Waals surface area contributed by atoms with Crippen molar-refractivity contribution in [2.75, 3.05) is 32.0 Å². The first-order valence-corrected chi connectivity index (χ1v) is 7.53. The molecule has 0 bridgehead atoms. The van der Waals surface area contributed by atoms with Gasteiger partial charge in [0.05, 0.1) is 25.5 Å². The highest BCUT2D eigenvalue weighted by atomic mass is 16.5. The summed E-state index contributed by atoms with van der Waals surface area (Å²) in [6.07, 6.45) is 2.49. The molecule has 1 aliphatic heterocycles. The summed E-state index contributed by atoms with van der Waals surface area (Å²) in [4.78, 5) is 17.9. The summed E-state index contributed by atoms with van der Waals surface area (Å²) in [7, 11) is 0. The van der Waals surface area contributed by atoms with Crippen molar-refractivity contribution in [1.82, 2.24) is 25.4 Å². The van der Waals surface area contributed by atoms with E-state index in [-0.39, 0.29) is 23.8 Å². The Morgan fingerprint density at radius 3 is 3.22 bits per heavy atom. The number of ether oxygens (including phenoxy) is 1. The SMILES string of the molecule is Nc1n[nH]c(C(=O)NCC[C@@H]2CN(Cc3ccco3)CCO2)n1. The summed E-state index contributed by atoms with van der Waals surface area (Å²) in [5.41, 5.74) is 5.37. The van der Waals surface area contributed by atoms with Gasteiger partial charge in [-0.15, -0.1) is 5.10 Å². The topological polar surface area (TPSA) is 122 Å². The minimum absolute atomic E-state index is 0.0549. The number of rotatable bonds is 6. The van der Waals surface area contributed by atoms with Gasteiger partial charge in [0.2, 0.25) is 11.8 Å². The van der Waals surface area contributed by atoms with E-state index in [0.29, 0.717) is 13.2 Å². The maximum Gasteiger partial charge on any atom is 0.288 e. The number of carbonyl (C=O) groups is 1. The van der Waals surface area contributed by atoms with Gasteiger partial charge >= 0.3 is 0 Å². The average molecular weight is 320 g/mol. The molecule has 2 aromatic rings. The zero-order chi connectivity index (χ0) is 16.1. The van der Waals surface area contributed by atoms with Crippen molar-refractivity contribution < 1.29 is 13.9 Å².